The minimum absolute atomic E-state index is 0.0219. The van der Waals surface area contributed by atoms with Crippen molar-refractivity contribution in [3.8, 4) is 0 Å². The topological polar surface area (TPSA) is 49.4 Å². The molecule has 1 aliphatic carbocycles. The van der Waals surface area contributed by atoms with Crippen LogP contribution >= 0.6 is 0 Å². The monoisotopic (exact) mass is 252 g/mol. The van der Waals surface area contributed by atoms with Gasteiger partial charge in [-0.3, -0.25) is 9.59 Å². The van der Waals surface area contributed by atoms with E-state index in [0.717, 1.165) is 13.0 Å². The Morgan fingerprint density at radius 2 is 1.89 bits per heavy atom. The number of amides is 2. The van der Waals surface area contributed by atoms with Gasteiger partial charge in [0.2, 0.25) is 11.8 Å². The van der Waals surface area contributed by atoms with Crippen LogP contribution in [0.4, 0.5) is 0 Å². The third-order valence-corrected chi connectivity index (χ3v) is 4.78. The van der Waals surface area contributed by atoms with Crippen LogP contribution in [0.1, 0.15) is 52.9 Å². The number of carbonyl (C=O) groups excluding carboxylic acids is 2. The summed E-state index contributed by atoms with van der Waals surface area (Å²) in [5.41, 5.74) is 0.251. The van der Waals surface area contributed by atoms with Crippen LogP contribution < -0.4 is 5.32 Å². The number of hydrogen-bond acceptors (Lipinski definition) is 2. The molecule has 2 rings (SSSR count). The molecule has 0 spiro atoms. The second kappa shape index (κ2) is 4.90. The molecule has 2 aliphatic rings. The summed E-state index contributed by atoms with van der Waals surface area (Å²) in [6.45, 7) is 6.55. The van der Waals surface area contributed by atoms with Gasteiger partial charge in [0.1, 0.15) is 12.1 Å². The van der Waals surface area contributed by atoms with Crippen molar-refractivity contribution < 1.29 is 9.59 Å². The highest BCUT2D eigenvalue weighted by atomic mass is 16.2. The van der Waals surface area contributed by atoms with Gasteiger partial charge in [-0.25, -0.2) is 0 Å². The summed E-state index contributed by atoms with van der Waals surface area (Å²) >= 11 is 0. The third-order valence-electron chi connectivity index (χ3n) is 4.78. The van der Waals surface area contributed by atoms with E-state index >= 15 is 0 Å². The van der Waals surface area contributed by atoms with Crippen LogP contribution in [0, 0.1) is 5.41 Å². The summed E-state index contributed by atoms with van der Waals surface area (Å²) in [5.74, 6) is 0.0492. The van der Waals surface area contributed by atoms with Gasteiger partial charge in [-0.1, -0.05) is 19.8 Å². The molecule has 2 unspecified atom stereocenters. The van der Waals surface area contributed by atoms with E-state index in [1.807, 2.05) is 6.92 Å². The Balaban J connectivity index is 2.14. The van der Waals surface area contributed by atoms with Gasteiger partial charge in [-0.15, -0.1) is 0 Å². The van der Waals surface area contributed by atoms with Gasteiger partial charge in [0, 0.05) is 6.54 Å². The number of nitrogens with zero attached hydrogens (tertiary/aromatic N) is 1. The normalized spacial score (nSPS) is 31.6. The summed E-state index contributed by atoms with van der Waals surface area (Å²) in [6.07, 6.45) is 5.99. The molecular weight excluding hydrogens is 228 g/mol. The number of carbonyl (C=O) groups is 2. The maximum Gasteiger partial charge on any atom is 0.245 e. The van der Waals surface area contributed by atoms with Gasteiger partial charge in [-0.2, -0.15) is 0 Å². The van der Waals surface area contributed by atoms with Crippen molar-refractivity contribution in [3.63, 3.8) is 0 Å². The van der Waals surface area contributed by atoms with Crippen molar-refractivity contribution in [2.75, 3.05) is 6.54 Å². The Hall–Kier alpha value is -1.06. The van der Waals surface area contributed by atoms with Crippen molar-refractivity contribution in [3.05, 3.63) is 0 Å². The first kappa shape index (κ1) is 13.4. The Kier molecular flexibility index (Phi) is 3.64. The lowest BCUT2D eigenvalue weighted by Gasteiger charge is -2.41. The molecule has 0 aromatic heterocycles. The van der Waals surface area contributed by atoms with E-state index in [1.54, 1.807) is 11.8 Å². The molecule has 2 fully saturated rings. The Morgan fingerprint density at radius 1 is 1.28 bits per heavy atom. The Bertz CT molecular complexity index is 348. The molecule has 2 atom stereocenters. The van der Waals surface area contributed by atoms with Gasteiger partial charge < -0.3 is 10.2 Å². The summed E-state index contributed by atoms with van der Waals surface area (Å²) in [6, 6.07) is -0.693. The molecule has 18 heavy (non-hydrogen) atoms. The average Bonchev–Trinajstić information content (AvgIpc) is 2.82. The fourth-order valence-corrected chi connectivity index (χ4v) is 3.30. The zero-order valence-electron chi connectivity index (χ0n) is 11.7. The lowest BCUT2D eigenvalue weighted by atomic mass is 9.82. The minimum Gasteiger partial charge on any atom is -0.343 e. The molecule has 0 aromatic rings. The fourth-order valence-electron chi connectivity index (χ4n) is 3.30. The molecule has 1 aliphatic heterocycles. The molecule has 1 N–H and O–H groups in total. The van der Waals surface area contributed by atoms with E-state index in [9.17, 15) is 9.59 Å². The SMILES string of the molecule is CCC1(CN2C(=O)C(C)NC(=O)C2C)CCCC1. The molecule has 2 amide bonds. The van der Waals surface area contributed by atoms with Crippen molar-refractivity contribution >= 4 is 11.8 Å². The van der Waals surface area contributed by atoms with Crippen LogP contribution in [0.15, 0.2) is 0 Å². The van der Waals surface area contributed by atoms with Crippen molar-refractivity contribution in [1.82, 2.24) is 10.2 Å². The zero-order valence-corrected chi connectivity index (χ0v) is 11.7. The first-order chi connectivity index (χ1) is 8.49. The van der Waals surface area contributed by atoms with Crippen LogP contribution in [-0.2, 0) is 9.59 Å². The highest BCUT2D eigenvalue weighted by Gasteiger charge is 2.41. The van der Waals surface area contributed by atoms with Gasteiger partial charge in [0.05, 0.1) is 0 Å². The number of rotatable bonds is 3. The quantitative estimate of drug-likeness (QED) is 0.831. The highest BCUT2D eigenvalue weighted by molar-refractivity contribution is 5.96. The van der Waals surface area contributed by atoms with E-state index in [2.05, 4.69) is 12.2 Å². The molecule has 1 heterocycles. The summed E-state index contributed by atoms with van der Waals surface area (Å²) in [5, 5.41) is 2.73. The van der Waals surface area contributed by atoms with Crippen molar-refractivity contribution in [2.45, 2.75) is 65.0 Å². The van der Waals surface area contributed by atoms with E-state index < -0.39 is 0 Å². The van der Waals surface area contributed by atoms with Crippen LogP contribution in [0.2, 0.25) is 0 Å². The predicted octanol–water partition coefficient (Wildman–Crippen LogP) is 1.69. The third kappa shape index (κ3) is 2.25. The molecule has 0 aromatic carbocycles. The van der Waals surface area contributed by atoms with Crippen molar-refractivity contribution in [1.29, 1.82) is 0 Å². The lowest BCUT2D eigenvalue weighted by Crippen LogP contribution is -2.63. The van der Waals surface area contributed by atoms with Crippen LogP contribution in [0.3, 0.4) is 0 Å². The van der Waals surface area contributed by atoms with E-state index in [0.29, 0.717) is 0 Å². The fraction of sp³-hybridized carbons (Fsp3) is 0.857. The van der Waals surface area contributed by atoms with Gasteiger partial charge in [0.15, 0.2) is 0 Å². The molecular formula is C14H24N2O2. The second-order valence-electron chi connectivity index (χ2n) is 5.93. The zero-order chi connectivity index (χ0) is 13.3. The number of hydrogen-bond donors (Lipinski definition) is 1. The maximum atomic E-state index is 12.2. The molecule has 102 valence electrons. The maximum absolute atomic E-state index is 12.2. The standard InChI is InChI=1S/C14H24N2O2/c1-4-14(7-5-6-8-14)9-16-11(3)12(17)15-10(2)13(16)18/h10-11H,4-9H2,1-3H3,(H,15,17). The van der Waals surface area contributed by atoms with E-state index in [4.69, 9.17) is 0 Å². The van der Waals surface area contributed by atoms with Gasteiger partial charge in [0.25, 0.3) is 0 Å². The van der Waals surface area contributed by atoms with Crippen LogP contribution in [0.25, 0.3) is 0 Å². The minimum atomic E-state index is -0.371. The smallest absolute Gasteiger partial charge is 0.245 e. The lowest BCUT2D eigenvalue weighted by molar-refractivity contribution is -0.150. The molecule has 1 saturated carbocycles. The Labute approximate surface area is 109 Å². The molecule has 0 bridgehead atoms. The Morgan fingerprint density at radius 3 is 2.44 bits per heavy atom. The largest absolute Gasteiger partial charge is 0.343 e. The molecule has 4 nitrogen and oxygen atoms in total. The van der Waals surface area contributed by atoms with Crippen LogP contribution in [0.5, 0.6) is 0 Å². The predicted molar refractivity (Wildman–Crippen MR) is 70.0 cm³/mol. The summed E-state index contributed by atoms with van der Waals surface area (Å²) in [4.78, 5) is 25.9. The highest BCUT2D eigenvalue weighted by Crippen LogP contribution is 2.42. The summed E-state index contributed by atoms with van der Waals surface area (Å²) in [7, 11) is 0. The summed E-state index contributed by atoms with van der Waals surface area (Å²) < 4.78 is 0. The molecule has 1 saturated heterocycles. The molecule has 4 heteroatoms. The van der Waals surface area contributed by atoms with E-state index in [1.165, 1.54) is 25.7 Å². The average molecular weight is 252 g/mol. The first-order valence-electron chi connectivity index (χ1n) is 7.10. The van der Waals surface area contributed by atoms with Crippen molar-refractivity contribution in [2.24, 2.45) is 5.41 Å². The number of piperazine rings is 1. The van der Waals surface area contributed by atoms with Crippen LogP contribution in [-0.4, -0.2) is 35.3 Å². The van der Waals surface area contributed by atoms with Gasteiger partial charge >= 0.3 is 0 Å². The molecule has 0 radical (unpaired) electrons. The van der Waals surface area contributed by atoms with Gasteiger partial charge in [-0.05, 0) is 38.5 Å². The second-order valence-corrected chi connectivity index (χ2v) is 5.93. The van der Waals surface area contributed by atoms with E-state index in [-0.39, 0.29) is 29.3 Å². The number of nitrogens with one attached hydrogen (secondary N) is 1. The first-order valence-corrected chi connectivity index (χ1v) is 7.10.